The molecule has 1 N–H and O–H groups in total. The number of benzene rings is 1. The third-order valence-electron chi connectivity index (χ3n) is 4.93. The van der Waals surface area contributed by atoms with Gasteiger partial charge in [0.05, 0.1) is 22.5 Å². The zero-order chi connectivity index (χ0) is 19.1. The standard InChI is InChI=1S/C20H18N6OS/c1-12-22-15-8-10-28-19(15)18(23-12)13-4-6-14(7-5-13)20(27)21-11-17-25-24-16-3-2-9-26(16)17/h4-8,10H,2-3,9,11H2,1H3,(H,21,27). The van der Waals surface area contributed by atoms with Crippen molar-refractivity contribution in [2.75, 3.05) is 0 Å². The molecule has 5 rings (SSSR count). The molecule has 140 valence electrons. The minimum Gasteiger partial charge on any atom is -0.345 e. The summed E-state index contributed by atoms with van der Waals surface area (Å²) in [4.78, 5) is 21.6. The van der Waals surface area contributed by atoms with Gasteiger partial charge in [-0.2, -0.15) is 0 Å². The van der Waals surface area contributed by atoms with E-state index in [1.54, 1.807) is 11.3 Å². The quantitative estimate of drug-likeness (QED) is 0.579. The molecule has 0 spiro atoms. The summed E-state index contributed by atoms with van der Waals surface area (Å²) in [5.41, 5.74) is 3.45. The topological polar surface area (TPSA) is 85.6 Å². The van der Waals surface area contributed by atoms with Gasteiger partial charge in [0.15, 0.2) is 5.82 Å². The molecular weight excluding hydrogens is 372 g/mol. The van der Waals surface area contributed by atoms with Crippen LogP contribution >= 0.6 is 11.3 Å². The van der Waals surface area contributed by atoms with Gasteiger partial charge in [0, 0.05) is 24.1 Å². The van der Waals surface area contributed by atoms with E-state index >= 15 is 0 Å². The van der Waals surface area contributed by atoms with E-state index in [2.05, 4.69) is 30.0 Å². The Balaban J connectivity index is 1.34. The van der Waals surface area contributed by atoms with Crippen molar-refractivity contribution >= 4 is 27.5 Å². The lowest BCUT2D eigenvalue weighted by Crippen LogP contribution is -2.24. The molecule has 1 aliphatic rings. The zero-order valence-corrected chi connectivity index (χ0v) is 16.2. The first-order valence-electron chi connectivity index (χ1n) is 9.20. The van der Waals surface area contributed by atoms with Gasteiger partial charge in [-0.3, -0.25) is 4.79 Å². The van der Waals surface area contributed by atoms with Crippen molar-refractivity contribution in [3.05, 3.63) is 58.7 Å². The lowest BCUT2D eigenvalue weighted by molar-refractivity contribution is 0.0949. The second kappa shape index (κ2) is 6.79. The molecule has 0 unspecified atom stereocenters. The first-order valence-corrected chi connectivity index (χ1v) is 10.1. The minimum atomic E-state index is -0.123. The number of aromatic nitrogens is 5. The maximum atomic E-state index is 12.5. The van der Waals surface area contributed by atoms with E-state index in [0.717, 1.165) is 58.3 Å². The van der Waals surface area contributed by atoms with Gasteiger partial charge in [-0.15, -0.1) is 21.5 Å². The molecule has 7 nitrogen and oxygen atoms in total. The van der Waals surface area contributed by atoms with Crippen molar-refractivity contribution < 1.29 is 4.79 Å². The summed E-state index contributed by atoms with van der Waals surface area (Å²) >= 11 is 1.62. The monoisotopic (exact) mass is 390 g/mol. The number of aryl methyl sites for hydroxylation is 2. The first-order chi connectivity index (χ1) is 13.7. The molecule has 28 heavy (non-hydrogen) atoms. The molecule has 1 aliphatic heterocycles. The van der Waals surface area contributed by atoms with Crippen molar-refractivity contribution in [3.63, 3.8) is 0 Å². The Morgan fingerprint density at radius 2 is 2.04 bits per heavy atom. The van der Waals surface area contributed by atoms with Crippen LogP contribution in [0.15, 0.2) is 35.7 Å². The van der Waals surface area contributed by atoms with Crippen LogP contribution in [0, 0.1) is 6.92 Å². The molecule has 0 saturated carbocycles. The summed E-state index contributed by atoms with van der Waals surface area (Å²) < 4.78 is 3.15. The summed E-state index contributed by atoms with van der Waals surface area (Å²) in [5.74, 6) is 2.44. The molecule has 0 saturated heterocycles. The third kappa shape index (κ3) is 2.95. The van der Waals surface area contributed by atoms with E-state index in [0.29, 0.717) is 12.1 Å². The van der Waals surface area contributed by atoms with Gasteiger partial charge in [-0.1, -0.05) is 12.1 Å². The van der Waals surface area contributed by atoms with E-state index in [-0.39, 0.29) is 5.91 Å². The summed E-state index contributed by atoms with van der Waals surface area (Å²) in [6, 6.07) is 9.53. The lowest BCUT2D eigenvalue weighted by atomic mass is 10.1. The van der Waals surface area contributed by atoms with Gasteiger partial charge in [-0.05, 0) is 36.9 Å². The number of carbonyl (C=O) groups excluding carboxylic acids is 1. The lowest BCUT2D eigenvalue weighted by Gasteiger charge is -2.08. The van der Waals surface area contributed by atoms with Crippen molar-refractivity contribution in [2.24, 2.45) is 0 Å². The maximum Gasteiger partial charge on any atom is 0.251 e. The van der Waals surface area contributed by atoms with Crippen LogP contribution in [0.3, 0.4) is 0 Å². The molecule has 4 aromatic rings. The molecule has 0 radical (unpaired) electrons. The fourth-order valence-electron chi connectivity index (χ4n) is 3.56. The third-order valence-corrected chi connectivity index (χ3v) is 5.84. The highest BCUT2D eigenvalue weighted by atomic mass is 32.1. The molecule has 0 atom stereocenters. The average molecular weight is 390 g/mol. The predicted octanol–water partition coefficient (Wildman–Crippen LogP) is 3.13. The van der Waals surface area contributed by atoms with E-state index in [9.17, 15) is 4.79 Å². The van der Waals surface area contributed by atoms with Gasteiger partial charge < -0.3 is 9.88 Å². The van der Waals surface area contributed by atoms with Crippen LogP contribution in [0.4, 0.5) is 0 Å². The average Bonchev–Trinajstić information content (AvgIpc) is 3.43. The summed E-state index contributed by atoms with van der Waals surface area (Å²) in [7, 11) is 0. The van der Waals surface area contributed by atoms with Crippen LogP contribution in [0.25, 0.3) is 21.5 Å². The largest absolute Gasteiger partial charge is 0.345 e. The number of nitrogens with one attached hydrogen (secondary N) is 1. The Kier molecular flexibility index (Phi) is 4.12. The smallest absolute Gasteiger partial charge is 0.251 e. The van der Waals surface area contributed by atoms with Crippen LogP contribution < -0.4 is 5.32 Å². The van der Waals surface area contributed by atoms with Gasteiger partial charge in [0.1, 0.15) is 11.6 Å². The van der Waals surface area contributed by atoms with Crippen LogP contribution in [0.5, 0.6) is 0 Å². The first kappa shape index (κ1) is 17.0. The van der Waals surface area contributed by atoms with Crippen LogP contribution in [-0.2, 0) is 19.5 Å². The number of hydrogen-bond donors (Lipinski definition) is 1. The SMILES string of the molecule is Cc1nc(-c2ccc(C(=O)NCc3nnc4n3CCC4)cc2)c2sccc2n1. The zero-order valence-electron chi connectivity index (χ0n) is 15.3. The minimum absolute atomic E-state index is 0.123. The fraction of sp³-hybridized carbons (Fsp3) is 0.250. The normalized spacial score (nSPS) is 13.0. The van der Waals surface area contributed by atoms with Gasteiger partial charge >= 0.3 is 0 Å². The number of thiophene rings is 1. The maximum absolute atomic E-state index is 12.5. The number of carbonyl (C=O) groups is 1. The Labute approximate surface area is 165 Å². The van der Waals surface area contributed by atoms with Crippen molar-refractivity contribution in [2.45, 2.75) is 32.9 Å². The van der Waals surface area contributed by atoms with E-state index in [1.165, 1.54) is 0 Å². The Morgan fingerprint density at radius 1 is 1.18 bits per heavy atom. The number of rotatable bonds is 4. The number of fused-ring (bicyclic) bond motifs is 2. The summed E-state index contributed by atoms with van der Waals surface area (Å²) in [6.45, 7) is 3.20. The summed E-state index contributed by atoms with van der Waals surface area (Å²) in [6.07, 6.45) is 2.05. The van der Waals surface area contributed by atoms with Crippen LogP contribution in [0.1, 0.15) is 34.3 Å². The highest BCUT2D eigenvalue weighted by molar-refractivity contribution is 7.17. The highest BCUT2D eigenvalue weighted by Gasteiger charge is 2.18. The molecule has 3 aromatic heterocycles. The molecule has 0 bridgehead atoms. The van der Waals surface area contributed by atoms with Crippen LogP contribution in [-0.4, -0.2) is 30.6 Å². The fourth-order valence-corrected chi connectivity index (χ4v) is 4.40. The molecule has 0 fully saturated rings. The second-order valence-corrected chi connectivity index (χ2v) is 7.72. The Hall–Kier alpha value is -3.13. The number of nitrogens with zero attached hydrogens (tertiary/aromatic N) is 5. The molecular formula is C20H18N6OS. The van der Waals surface area contributed by atoms with Gasteiger partial charge in [-0.25, -0.2) is 9.97 Å². The van der Waals surface area contributed by atoms with Gasteiger partial charge in [0.25, 0.3) is 5.91 Å². The molecule has 0 aliphatic carbocycles. The summed E-state index contributed by atoms with van der Waals surface area (Å²) in [5, 5.41) is 13.3. The molecule has 1 aromatic carbocycles. The predicted molar refractivity (Wildman–Crippen MR) is 107 cm³/mol. The number of amides is 1. The van der Waals surface area contributed by atoms with E-state index < -0.39 is 0 Å². The van der Waals surface area contributed by atoms with Crippen molar-refractivity contribution in [1.29, 1.82) is 0 Å². The van der Waals surface area contributed by atoms with E-state index in [1.807, 2.05) is 42.6 Å². The molecule has 4 heterocycles. The molecule has 8 heteroatoms. The van der Waals surface area contributed by atoms with Crippen LogP contribution in [0.2, 0.25) is 0 Å². The van der Waals surface area contributed by atoms with Crippen molar-refractivity contribution in [1.82, 2.24) is 30.0 Å². The molecule has 1 amide bonds. The van der Waals surface area contributed by atoms with Gasteiger partial charge in [0.2, 0.25) is 0 Å². The number of hydrogen-bond acceptors (Lipinski definition) is 6. The van der Waals surface area contributed by atoms with Crippen molar-refractivity contribution in [3.8, 4) is 11.3 Å². The Bertz CT molecular complexity index is 1180. The highest BCUT2D eigenvalue weighted by Crippen LogP contribution is 2.30. The second-order valence-electron chi connectivity index (χ2n) is 6.80. The van der Waals surface area contributed by atoms with E-state index in [4.69, 9.17) is 0 Å². The Morgan fingerprint density at radius 3 is 2.89 bits per heavy atom.